The van der Waals surface area contributed by atoms with E-state index in [-0.39, 0.29) is 0 Å². The van der Waals surface area contributed by atoms with Crippen molar-refractivity contribution in [2.75, 3.05) is 24.4 Å². The molecule has 0 amide bonds. The van der Waals surface area contributed by atoms with Crippen molar-refractivity contribution in [3.05, 3.63) is 78.9 Å². The number of hydrogen-bond donors (Lipinski definition) is 2. The lowest BCUT2D eigenvalue weighted by atomic mass is 10.3. The predicted octanol–water partition coefficient (Wildman–Crippen LogP) is 4.87. The molecule has 0 spiro atoms. The third-order valence-electron chi connectivity index (χ3n) is 3.68. The summed E-state index contributed by atoms with van der Waals surface area (Å²) in [5.41, 5.74) is 2.08. The average Bonchev–Trinajstić information content (AvgIpc) is 2.69. The molecule has 0 saturated carbocycles. The molecule has 0 radical (unpaired) electrons. The Balaban J connectivity index is 1.81. The molecule has 3 aromatic rings. The maximum atomic E-state index is 5.23. The molecule has 0 saturated heterocycles. The van der Waals surface area contributed by atoms with Gasteiger partial charge in [0.05, 0.1) is 14.2 Å². The molecule has 0 aliphatic heterocycles. The second-order valence-electron chi connectivity index (χ2n) is 5.35. The largest absolute Gasteiger partial charge is 0.497 e. The van der Waals surface area contributed by atoms with Crippen LogP contribution in [-0.2, 0) is 0 Å². The molecular weight excluding hydrogens is 331 g/mol. The molecule has 3 rings (SSSR count). The summed E-state index contributed by atoms with van der Waals surface area (Å²) in [4.78, 5) is 0. The molecule has 4 nitrogen and oxygen atoms in total. The Kier molecular flexibility index (Phi) is 5.76. The topological polar surface area (TPSA) is 42.5 Å². The van der Waals surface area contributed by atoms with Crippen molar-refractivity contribution in [1.82, 2.24) is 0 Å². The van der Waals surface area contributed by atoms with E-state index in [2.05, 4.69) is 34.4 Å². The maximum Gasteiger partial charge on any atom is 0.123 e. The van der Waals surface area contributed by atoms with Gasteiger partial charge in [0.2, 0.25) is 0 Å². The van der Waals surface area contributed by atoms with E-state index in [1.807, 2.05) is 54.6 Å². The average molecular weight is 352 g/mol. The lowest BCUT2D eigenvalue weighted by Crippen LogP contribution is -2.13. The Morgan fingerprint density at radius 2 is 1.04 bits per heavy atom. The Labute approximate surface area is 149 Å². The second-order valence-corrected chi connectivity index (χ2v) is 6.99. The second kappa shape index (κ2) is 8.41. The fraction of sp³-hybridized carbons (Fsp3) is 0.100. The van der Waals surface area contributed by atoms with E-state index >= 15 is 0 Å². The molecule has 0 aromatic heterocycles. The summed E-state index contributed by atoms with van der Waals surface area (Å²) in [5, 5.41) is 8.39. The molecule has 0 bridgehead atoms. The first kappa shape index (κ1) is 17.1. The zero-order chi connectivity index (χ0) is 17.5. The number of rotatable bonds is 7. The molecule has 0 unspecified atom stereocenters. The first-order valence-corrected chi connectivity index (χ1v) is 9.29. The zero-order valence-corrected chi connectivity index (χ0v) is 15.2. The monoisotopic (exact) mass is 352 g/mol. The van der Waals surface area contributed by atoms with E-state index in [1.54, 1.807) is 14.2 Å². The van der Waals surface area contributed by atoms with E-state index < -0.39 is 8.22 Å². The lowest BCUT2D eigenvalue weighted by molar-refractivity contribution is 0.415. The van der Waals surface area contributed by atoms with Crippen molar-refractivity contribution in [3.8, 4) is 11.5 Å². The van der Waals surface area contributed by atoms with E-state index in [1.165, 1.54) is 5.30 Å². The summed E-state index contributed by atoms with van der Waals surface area (Å²) in [6.07, 6.45) is 0. The highest BCUT2D eigenvalue weighted by Crippen LogP contribution is 2.36. The van der Waals surface area contributed by atoms with Crippen LogP contribution in [0.2, 0.25) is 0 Å². The normalized spacial score (nSPS) is 10.4. The molecule has 0 atom stereocenters. The fourth-order valence-electron chi connectivity index (χ4n) is 2.32. The van der Waals surface area contributed by atoms with E-state index in [0.717, 1.165) is 22.9 Å². The van der Waals surface area contributed by atoms with Gasteiger partial charge in [0, 0.05) is 16.7 Å². The van der Waals surface area contributed by atoms with Gasteiger partial charge >= 0.3 is 0 Å². The molecule has 3 aromatic carbocycles. The molecular formula is C20H21N2O2P. The smallest absolute Gasteiger partial charge is 0.123 e. The van der Waals surface area contributed by atoms with Crippen LogP contribution in [0.5, 0.6) is 11.5 Å². The fourth-order valence-corrected chi connectivity index (χ4v) is 3.92. The van der Waals surface area contributed by atoms with Crippen LogP contribution in [0.15, 0.2) is 78.9 Å². The zero-order valence-electron chi connectivity index (χ0n) is 14.3. The number of benzene rings is 3. The van der Waals surface area contributed by atoms with Crippen LogP contribution in [0, 0.1) is 0 Å². The summed E-state index contributed by atoms with van der Waals surface area (Å²) in [6, 6.07) is 26.3. The summed E-state index contributed by atoms with van der Waals surface area (Å²) in [5.74, 6) is 1.69. The maximum absolute atomic E-state index is 5.23. The van der Waals surface area contributed by atoms with Gasteiger partial charge in [-0.05, 0) is 48.5 Å². The van der Waals surface area contributed by atoms with Crippen LogP contribution in [0.3, 0.4) is 0 Å². The van der Waals surface area contributed by atoms with Gasteiger partial charge in [0.1, 0.15) is 19.7 Å². The molecule has 2 N–H and O–H groups in total. The van der Waals surface area contributed by atoms with Crippen LogP contribution in [0.1, 0.15) is 0 Å². The molecule has 5 heteroatoms. The first-order chi connectivity index (χ1) is 12.3. The first-order valence-electron chi connectivity index (χ1n) is 7.95. The number of ether oxygens (including phenoxy) is 2. The third-order valence-corrected chi connectivity index (χ3v) is 5.45. The third kappa shape index (κ3) is 4.65. The van der Waals surface area contributed by atoms with Crippen LogP contribution < -0.4 is 25.0 Å². The van der Waals surface area contributed by atoms with Crippen molar-refractivity contribution in [2.24, 2.45) is 0 Å². The molecule has 128 valence electrons. The van der Waals surface area contributed by atoms with Gasteiger partial charge in [-0.1, -0.05) is 30.3 Å². The summed E-state index contributed by atoms with van der Waals surface area (Å²) < 4.78 is 10.5. The SMILES string of the molecule is COc1ccc(NP(Nc2ccc(OC)cc2)c2ccccc2)cc1. The van der Waals surface area contributed by atoms with Crippen molar-refractivity contribution in [1.29, 1.82) is 0 Å². The van der Waals surface area contributed by atoms with Crippen LogP contribution in [-0.4, -0.2) is 14.2 Å². The Bertz CT molecular complexity index is 728. The van der Waals surface area contributed by atoms with Crippen molar-refractivity contribution < 1.29 is 9.47 Å². The predicted molar refractivity (Wildman–Crippen MR) is 106 cm³/mol. The van der Waals surface area contributed by atoms with Crippen molar-refractivity contribution in [3.63, 3.8) is 0 Å². The van der Waals surface area contributed by atoms with Crippen LogP contribution >= 0.6 is 8.22 Å². The van der Waals surface area contributed by atoms with E-state index in [4.69, 9.17) is 9.47 Å². The van der Waals surface area contributed by atoms with Crippen LogP contribution in [0.4, 0.5) is 11.4 Å². The van der Waals surface area contributed by atoms with Gasteiger partial charge < -0.3 is 19.6 Å². The van der Waals surface area contributed by atoms with Gasteiger partial charge in [-0.15, -0.1) is 0 Å². The standard InChI is InChI=1S/C20H21N2O2P/c1-23-18-12-8-16(9-13-18)21-25(20-6-4-3-5-7-20)22-17-10-14-19(24-2)15-11-17/h3-15,21-22H,1-2H3. The van der Waals surface area contributed by atoms with Crippen LogP contribution in [0.25, 0.3) is 0 Å². The highest BCUT2D eigenvalue weighted by atomic mass is 31.1. The summed E-state index contributed by atoms with van der Waals surface area (Å²) in [7, 11) is 2.52. The minimum Gasteiger partial charge on any atom is -0.497 e. The highest BCUT2D eigenvalue weighted by molar-refractivity contribution is 7.68. The molecule has 0 aliphatic rings. The minimum atomic E-state index is -0.818. The van der Waals surface area contributed by atoms with Gasteiger partial charge in [-0.3, -0.25) is 0 Å². The van der Waals surface area contributed by atoms with Crippen molar-refractivity contribution >= 4 is 24.9 Å². The number of anilines is 2. The number of methoxy groups -OCH3 is 2. The quantitative estimate of drug-likeness (QED) is 0.596. The Hall–Kier alpha value is -2.71. The molecule has 0 heterocycles. The van der Waals surface area contributed by atoms with E-state index in [9.17, 15) is 0 Å². The number of hydrogen-bond acceptors (Lipinski definition) is 4. The summed E-state index contributed by atoms with van der Waals surface area (Å²) >= 11 is 0. The molecule has 25 heavy (non-hydrogen) atoms. The van der Waals surface area contributed by atoms with Gasteiger partial charge in [0.15, 0.2) is 0 Å². The van der Waals surface area contributed by atoms with Gasteiger partial charge in [-0.25, -0.2) is 0 Å². The molecule has 0 aliphatic carbocycles. The van der Waals surface area contributed by atoms with Gasteiger partial charge in [0.25, 0.3) is 0 Å². The minimum absolute atomic E-state index is 0.818. The summed E-state index contributed by atoms with van der Waals surface area (Å²) in [6.45, 7) is 0. The van der Waals surface area contributed by atoms with E-state index in [0.29, 0.717) is 0 Å². The highest BCUT2D eigenvalue weighted by Gasteiger charge is 2.12. The molecule has 0 fully saturated rings. The number of nitrogens with one attached hydrogen (secondary N) is 2. The Morgan fingerprint density at radius 1 is 0.600 bits per heavy atom. The Morgan fingerprint density at radius 3 is 1.44 bits per heavy atom. The lowest BCUT2D eigenvalue weighted by Gasteiger charge is -2.22. The van der Waals surface area contributed by atoms with Gasteiger partial charge in [-0.2, -0.15) is 0 Å². The van der Waals surface area contributed by atoms with Crippen molar-refractivity contribution in [2.45, 2.75) is 0 Å².